The molecule has 1 nitrogen and oxygen atoms in total. The maximum Gasteiger partial charge on any atom is 0.183 e. The van der Waals surface area contributed by atoms with Crippen molar-refractivity contribution in [3.05, 3.63) is 30.3 Å². The summed E-state index contributed by atoms with van der Waals surface area (Å²) >= 11 is 0. The van der Waals surface area contributed by atoms with Crippen LogP contribution in [-0.2, 0) is 4.43 Å². The van der Waals surface area contributed by atoms with Gasteiger partial charge in [0, 0.05) is 7.11 Å². The molecule has 0 aliphatic heterocycles. The molecule has 0 saturated carbocycles. The van der Waals surface area contributed by atoms with Gasteiger partial charge in [0.2, 0.25) is 0 Å². The molecule has 1 aromatic rings. The molecule has 0 spiro atoms. The second-order valence-corrected chi connectivity index (χ2v) is 15.6. The van der Waals surface area contributed by atoms with E-state index < -0.39 is 16.4 Å². The summed E-state index contributed by atoms with van der Waals surface area (Å²) in [6.07, 6.45) is 0. The van der Waals surface area contributed by atoms with E-state index >= 15 is 0 Å². The van der Waals surface area contributed by atoms with Crippen LogP contribution < -0.4 is 5.19 Å². The molecule has 0 fully saturated rings. The van der Waals surface area contributed by atoms with Crippen LogP contribution in [0.3, 0.4) is 0 Å². The van der Waals surface area contributed by atoms with Gasteiger partial charge in [-0.05, 0) is 19.6 Å². The van der Waals surface area contributed by atoms with E-state index in [1.54, 1.807) is 7.11 Å². The molecule has 0 radical (unpaired) electrons. The van der Waals surface area contributed by atoms with Gasteiger partial charge < -0.3 is 4.43 Å². The maximum atomic E-state index is 5.08. The first-order valence-corrected chi connectivity index (χ1v) is 13.7. The minimum Gasteiger partial charge on any atom is -0.421 e. The molecule has 0 heterocycles. The van der Waals surface area contributed by atoms with Crippen LogP contribution >= 0.6 is 0 Å². The maximum absolute atomic E-state index is 5.08. The summed E-state index contributed by atoms with van der Waals surface area (Å²) in [4.78, 5) is 0. The van der Waals surface area contributed by atoms with Crippen molar-refractivity contribution >= 4 is 21.6 Å². The highest BCUT2D eigenvalue weighted by atomic mass is 28.4. The van der Waals surface area contributed by atoms with Crippen molar-refractivity contribution < 1.29 is 4.43 Å². The quantitative estimate of drug-likeness (QED) is 0.714. The summed E-state index contributed by atoms with van der Waals surface area (Å²) in [5.74, 6) is 0. The van der Waals surface area contributed by atoms with Crippen molar-refractivity contribution in [1.82, 2.24) is 0 Å². The van der Waals surface area contributed by atoms with Gasteiger partial charge in [0.1, 0.15) is 0 Å². The lowest BCUT2D eigenvalue weighted by Crippen LogP contribution is -2.37. The predicted octanol–water partition coefficient (Wildman–Crippen LogP) is 4.73. The van der Waals surface area contributed by atoms with Crippen LogP contribution in [0.25, 0.3) is 0 Å². The van der Waals surface area contributed by atoms with Crippen LogP contribution in [0.1, 0.15) is 13.8 Å². The fourth-order valence-electron chi connectivity index (χ4n) is 0.938. The van der Waals surface area contributed by atoms with Gasteiger partial charge in [-0.3, -0.25) is 0 Å². The molecule has 0 aromatic heterocycles. The van der Waals surface area contributed by atoms with E-state index in [2.05, 4.69) is 69.6 Å². The number of rotatable bonds is 2. The van der Waals surface area contributed by atoms with Crippen molar-refractivity contribution in [2.24, 2.45) is 0 Å². The topological polar surface area (TPSA) is 9.23 Å². The van der Waals surface area contributed by atoms with Crippen LogP contribution in [0.15, 0.2) is 30.3 Å². The van der Waals surface area contributed by atoms with Gasteiger partial charge in [0.05, 0.1) is 8.07 Å². The third kappa shape index (κ3) is 12.1. The summed E-state index contributed by atoms with van der Waals surface area (Å²) in [5, 5.41) is 1.54. The van der Waals surface area contributed by atoms with Crippen molar-refractivity contribution in [3.63, 3.8) is 0 Å². The SMILES string of the molecule is CC.CO[Si](C)(C)C.C[Si](C)(C)c1ccccc1. The molecule has 0 aliphatic rings. The highest BCUT2D eigenvalue weighted by Crippen LogP contribution is 2.00. The van der Waals surface area contributed by atoms with Crippen LogP contribution in [0.5, 0.6) is 0 Å². The van der Waals surface area contributed by atoms with Crippen LogP contribution in [0, 0.1) is 0 Å². The molecule has 3 heteroatoms. The van der Waals surface area contributed by atoms with E-state index in [0.717, 1.165) is 0 Å². The fraction of sp³-hybridized carbons (Fsp3) is 0.600. The molecule has 0 amide bonds. The van der Waals surface area contributed by atoms with Crippen LogP contribution in [0.4, 0.5) is 0 Å². The molecule has 106 valence electrons. The average Bonchev–Trinajstić information content (AvgIpc) is 2.32. The lowest BCUT2D eigenvalue weighted by Gasteiger charge is -2.15. The largest absolute Gasteiger partial charge is 0.421 e. The van der Waals surface area contributed by atoms with Gasteiger partial charge in [0.25, 0.3) is 0 Å². The van der Waals surface area contributed by atoms with Gasteiger partial charge in [-0.2, -0.15) is 0 Å². The van der Waals surface area contributed by atoms with E-state index in [4.69, 9.17) is 4.43 Å². The van der Waals surface area contributed by atoms with Crippen molar-refractivity contribution in [2.75, 3.05) is 7.11 Å². The summed E-state index contributed by atoms with van der Waals surface area (Å²) in [5.41, 5.74) is 0. The Hall–Kier alpha value is -0.386. The van der Waals surface area contributed by atoms with Crippen molar-refractivity contribution in [3.8, 4) is 0 Å². The lowest BCUT2D eigenvalue weighted by molar-refractivity contribution is 0.411. The molecule has 18 heavy (non-hydrogen) atoms. The number of hydrogen-bond acceptors (Lipinski definition) is 1. The standard InChI is InChI=1S/C9H14Si.C4H12OSi.C2H6/c1-10(2,3)9-7-5-4-6-8-9;1-5-6(2,3)4;1-2/h4-8H,1-3H3;1-4H3;1-2H3. The molecule has 1 aromatic carbocycles. The third-order valence-corrected chi connectivity index (χ3v) is 5.54. The monoisotopic (exact) mass is 284 g/mol. The first kappa shape index (κ1) is 19.9. The van der Waals surface area contributed by atoms with Gasteiger partial charge in [0.15, 0.2) is 8.32 Å². The van der Waals surface area contributed by atoms with Crippen molar-refractivity contribution in [2.45, 2.75) is 53.1 Å². The Morgan fingerprint density at radius 2 is 1.11 bits per heavy atom. The Morgan fingerprint density at radius 3 is 1.28 bits per heavy atom. The molecular weight excluding hydrogens is 252 g/mol. The molecular formula is C15H32OSi2. The summed E-state index contributed by atoms with van der Waals surface area (Å²) < 4.78 is 5.08. The number of benzene rings is 1. The zero-order chi connectivity index (χ0) is 14.8. The van der Waals surface area contributed by atoms with Crippen LogP contribution in [0.2, 0.25) is 39.3 Å². The zero-order valence-electron chi connectivity index (χ0n) is 13.8. The molecule has 0 saturated heterocycles. The second kappa shape index (κ2) is 9.53. The first-order chi connectivity index (χ1) is 8.17. The van der Waals surface area contributed by atoms with E-state index in [0.29, 0.717) is 0 Å². The Labute approximate surface area is 117 Å². The van der Waals surface area contributed by atoms with E-state index in [1.165, 1.54) is 5.19 Å². The second-order valence-electron chi connectivity index (χ2n) is 5.93. The fourth-order valence-corrected chi connectivity index (χ4v) is 2.13. The highest BCUT2D eigenvalue weighted by Gasteiger charge is 2.14. The Bertz CT molecular complexity index is 284. The predicted molar refractivity (Wildman–Crippen MR) is 91.1 cm³/mol. The zero-order valence-corrected chi connectivity index (χ0v) is 15.8. The molecule has 0 N–H and O–H groups in total. The first-order valence-electron chi connectivity index (χ1n) is 6.77. The third-order valence-electron chi connectivity index (χ3n) is 2.25. The van der Waals surface area contributed by atoms with Gasteiger partial charge in [-0.1, -0.05) is 69.0 Å². The van der Waals surface area contributed by atoms with E-state index in [9.17, 15) is 0 Å². The lowest BCUT2D eigenvalue weighted by atomic mass is 10.4. The van der Waals surface area contributed by atoms with Crippen LogP contribution in [-0.4, -0.2) is 23.5 Å². The summed E-state index contributed by atoms with van der Waals surface area (Å²) in [6.45, 7) is 17.6. The van der Waals surface area contributed by atoms with E-state index in [1.807, 2.05) is 13.8 Å². The highest BCUT2D eigenvalue weighted by molar-refractivity contribution is 6.88. The van der Waals surface area contributed by atoms with E-state index in [-0.39, 0.29) is 0 Å². The minimum absolute atomic E-state index is 1.03. The van der Waals surface area contributed by atoms with Gasteiger partial charge in [-0.15, -0.1) is 0 Å². The Morgan fingerprint density at radius 1 is 0.778 bits per heavy atom. The molecule has 0 unspecified atom stereocenters. The smallest absolute Gasteiger partial charge is 0.183 e. The minimum atomic E-state index is -1.13. The van der Waals surface area contributed by atoms with Crippen molar-refractivity contribution in [1.29, 1.82) is 0 Å². The van der Waals surface area contributed by atoms with Gasteiger partial charge in [-0.25, -0.2) is 0 Å². The molecule has 0 aliphatic carbocycles. The molecule has 0 atom stereocenters. The molecule has 0 bridgehead atoms. The molecule has 1 rings (SSSR count). The summed E-state index contributed by atoms with van der Waals surface area (Å²) in [7, 11) is -0.394. The Kier molecular flexibility index (Phi) is 10.6. The Balaban J connectivity index is 0. The number of hydrogen-bond donors (Lipinski definition) is 0. The summed E-state index contributed by atoms with van der Waals surface area (Å²) in [6, 6.07) is 10.8. The van der Waals surface area contributed by atoms with Gasteiger partial charge >= 0.3 is 0 Å². The normalized spacial score (nSPS) is 10.7. The average molecular weight is 285 g/mol.